The first-order valence-corrected chi connectivity index (χ1v) is 7.24. The quantitative estimate of drug-likeness (QED) is 0.539. The maximum atomic E-state index is 12.6. The third-order valence-corrected chi connectivity index (χ3v) is 4.59. The molecule has 0 fully saturated rings. The van der Waals surface area contributed by atoms with Crippen LogP contribution in [0.25, 0.3) is 20.2 Å². The fourth-order valence-corrected chi connectivity index (χ4v) is 3.32. The molecule has 19 heavy (non-hydrogen) atoms. The average molecular weight is 268 g/mol. The van der Waals surface area contributed by atoms with Crippen molar-refractivity contribution >= 4 is 31.5 Å². The Bertz CT molecular complexity index is 822. The molecule has 2 heteroatoms. The van der Waals surface area contributed by atoms with Gasteiger partial charge in [0.2, 0.25) is 0 Å². The summed E-state index contributed by atoms with van der Waals surface area (Å²) in [5.74, 6) is 0. The van der Waals surface area contributed by atoms with E-state index < -0.39 is 0 Å². The van der Waals surface area contributed by atoms with Gasteiger partial charge < -0.3 is 0 Å². The van der Waals surface area contributed by atoms with Crippen molar-refractivity contribution in [2.75, 3.05) is 0 Å². The molecule has 1 nitrogen and oxygen atoms in total. The van der Waals surface area contributed by atoms with Gasteiger partial charge in [0.05, 0.1) is 0 Å². The van der Waals surface area contributed by atoms with Crippen molar-refractivity contribution in [3.8, 4) is 0 Å². The van der Waals surface area contributed by atoms with Crippen molar-refractivity contribution < 1.29 is 0 Å². The fourth-order valence-electron chi connectivity index (χ4n) is 2.27. The van der Waals surface area contributed by atoms with Gasteiger partial charge in [-0.3, -0.25) is 4.79 Å². The van der Waals surface area contributed by atoms with Crippen LogP contribution in [-0.4, -0.2) is 0 Å². The topological polar surface area (TPSA) is 17.1 Å². The fraction of sp³-hybridized carbons (Fsp3) is 0.235. The Morgan fingerprint density at radius 3 is 2.32 bits per heavy atom. The minimum absolute atomic E-state index is 0.0664. The van der Waals surface area contributed by atoms with Crippen LogP contribution in [0.15, 0.2) is 47.3 Å². The summed E-state index contributed by atoms with van der Waals surface area (Å²) in [6.07, 6.45) is 0. The van der Waals surface area contributed by atoms with Crippen molar-refractivity contribution in [1.29, 1.82) is 0 Å². The van der Waals surface area contributed by atoms with Gasteiger partial charge in [-0.25, -0.2) is 0 Å². The Kier molecular flexibility index (Phi) is 2.72. The first-order valence-electron chi connectivity index (χ1n) is 6.43. The number of fused-ring (bicyclic) bond motifs is 2. The van der Waals surface area contributed by atoms with Crippen LogP contribution < -0.4 is 5.43 Å². The van der Waals surface area contributed by atoms with Crippen LogP contribution in [0.1, 0.15) is 26.3 Å². The standard InChI is InChI=1S/C17H16OS/c1-17(2,3)11-8-9-15-13(10-11)16(18)12-6-4-5-7-14(12)19-15/h4-10H,1-3H3. The van der Waals surface area contributed by atoms with E-state index in [1.165, 1.54) is 5.56 Å². The molecule has 1 aromatic heterocycles. The highest BCUT2D eigenvalue weighted by Gasteiger charge is 2.15. The maximum absolute atomic E-state index is 12.6. The molecule has 1 heterocycles. The van der Waals surface area contributed by atoms with Gasteiger partial charge in [-0.1, -0.05) is 39.0 Å². The molecule has 3 aromatic rings. The third-order valence-electron chi connectivity index (χ3n) is 3.44. The van der Waals surface area contributed by atoms with Crippen LogP contribution in [0.3, 0.4) is 0 Å². The second kappa shape index (κ2) is 4.17. The first-order chi connectivity index (χ1) is 8.97. The second-order valence-corrected chi connectivity index (χ2v) is 6.97. The van der Waals surface area contributed by atoms with Gasteiger partial charge in [0.25, 0.3) is 0 Å². The van der Waals surface area contributed by atoms with E-state index in [1.54, 1.807) is 11.3 Å². The van der Waals surface area contributed by atoms with Crippen molar-refractivity contribution in [1.82, 2.24) is 0 Å². The highest BCUT2D eigenvalue weighted by molar-refractivity contribution is 7.24. The summed E-state index contributed by atoms with van der Waals surface area (Å²) in [7, 11) is 0. The minimum Gasteiger partial charge on any atom is -0.289 e. The van der Waals surface area contributed by atoms with Crippen LogP contribution >= 0.6 is 11.3 Å². The van der Waals surface area contributed by atoms with E-state index in [0.717, 1.165) is 20.2 Å². The van der Waals surface area contributed by atoms with Gasteiger partial charge >= 0.3 is 0 Å². The highest BCUT2D eigenvalue weighted by atomic mass is 32.1. The van der Waals surface area contributed by atoms with E-state index in [0.29, 0.717) is 0 Å². The molecule has 0 aliphatic carbocycles. The molecule has 0 spiro atoms. The zero-order chi connectivity index (χ0) is 13.6. The Morgan fingerprint density at radius 2 is 1.58 bits per heavy atom. The van der Waals surface area contributed by atoms with Crippen LogP contribution in [0.4, 0.5) is 0 Å². The van der Waals surface area contributed by atoms with Crippen LogP contribution in [-0.2, 0) is 5.41 Å². The summed E-state index contributed by atoms with van der Waals surface area (Å²) in [4.78, 5) is 12.6. The monoisotopic (exact) mass is 268 g/mol. The lowest BCUT2D eigenvalue weighted by atomic mass is 9.86. The largest absolute Gasteiger partial charge is 0.289 e. The number of hydrogen-bond donors (Lipinski definition) is 0. The Labute approximate surface area is 116 Å². The van der Waals surface area contributed by atoms with E-state index in [4.69, 9.17) is 0 Å². The van der Waals surface area contributed by atoms with E-state index in [-0.39, 0.29) is 10.8 Å². The molecule has 0 saturated carbocycles. The summed E-state index contributed by atoms with van der Waals surface area (Å²) < 4.78 is 2.13. The summed E-state index contributed by atoms with van der Waals surface area (Å²) in [6.45, 7) is 6.51. The normalized spacial score (nSPS) is 12.2. The summed E-state index contributed by atoms with van der Waals surface area (Å²) in [6, 6.07) is 14.1. The Morgan fingerprint density at radius 1 is 0.895 bits per heavy atom. The SMILES string of the molecule is CC(C)(C)c1ccc2sc3ccccc3c(=O)c2c1. The molecule has 2 aromatic carbocycles. The van der Waals surface area contributed by atoms with Crippen molar-refractivity contribution in [3.63, 3.8) is 0 Å². The molecule has 0 unspecified atom stereocenters. The molecule has 0 aliphatic heterocycles. The van der Waals surface area contributed by atoms with E-state index in [1.807, 2.05) is 24.3 Å². The summed E-state index contributed by atoms with van der Waals surface area (Å²) in [5, 5.41) is 1.67. The van der Waals surface area contributed by atoms with Crippen LogP contribution in [0.5, 0.6) is 0 Å². The molecule has 0 saturated heterocycles. The molecule has 0 aliphatic rings. The van der Waals surface area contributed by atoms with Crippen LogP contribution in [0, 0.1) is 0 Å². The zero-order valence-corrected chi connectivity index (χ0v) is 12.2. The van der Waals surface area contributed by atoms with Gasteiger partial charge in [0, 0.05) is 20.2 Å². The molecule has 0 radical (unpaired) electrons. The molecule has 0 atom stereocenters. The molecular formula is C17H16OS. The highest BCUT2D eigenvalue weighted by Crippen LogP contribution is 2.29. The van der Waals surface area contributed by atoms with Crippen molar-refractivity contribution in [2.24, 2.45) is 0 Å². The minimum atomic E-state index is 0.0664. The van der Waals surface area contributed by atoms with Crippen molar-refractivity contribution in [2.45, 2.75) is 26.2 Å². The van der Waals surface area contributed by atoms with E-state index in [2.05, 4.69) is 39.0 Å². The smallest absolute Gasteiger partial charge is 0.195 e. The number of benzene rings is 2. The average Bonchev–Trinajstić information content (AvgIpc) is 2.37. The third kappa shape index (κ3) is 2.06. The van der Waals surface area contributed by atoms with Crippen molar-refractivity contribution in [3.05, 3.63) is 58.3 Å². The summed E-state index contributed by atoms with van der Waals surface area (Å²) in [5.41, 5.74) is 1.42. The molecule has 0 N–H and O–H groups in total. The first kappa shape index (κ1) is 12.4. The lowest BCUT2D eigenvalue weighted by molar-refractivity contribution is 0.591. The van der Waals surface area contributed by atoms with E-state index >= 15 is 0 Å². The van der Waals surface area contributed by atoms with Gasteiger partial charge in [0.1, 0.15) is 0 Å². The molecule has 0 bridgehead atoms. The molecule has 0 amide bonds. The van der Waals surface area contributed by atoms with Gasteiger partial charge in [-0.05, 0) is 35.2 Å². The Balaban J connectivity index is 2.43. The molecule has 96 valence electrons. The zero-order valence-electron chi connectivity index (χ0n) is 11.4. The predicted molar refractivity (Wildman–Crippen MR) is 84.3 cm³/mol. The second-order valence-electron chi connectivity index (χ2n) is 5.89. The summed E-state index contributed by atoms with van der Waals surface area (Å²) >= 11 is 1.68. The predicted octanol–water partition coefficient (Wildman–Crippen LogP) is 4.71. The van der Waals surface area contributed by atoms with Crippen LogP contribution in [0.2, 0.25) is 0 Å². The number of rotatable bonds is 0. The van der Waals surface area contributed by atoms with Gasteiger partial charge in [-0.2, -0.15) is 0 Å². The van der Waals surface area contributed by atoms with E-state index in [9.17, 15) is 4.79 Å². The maximum Gasteiger partial charge on any atom is 0.195 e. The number of hydrogen-bond acceptors (Lipinski definition) is 2. The molecular weight excluding hydrogens is 252 g/mol. The van der Waals surface area contributed by atoms with Gasteiger partial charge in [-0.15, -0.1) is 11.3 Å². The lowest BCUT2D eigenvalue weighted by Gasteiger charge is -2.19. The van der Waals surface area contributed by atoms with Gasteiger partial charge in [0.15, 0.2) is 5.43 Å². The Hall–Kier alpha value is -1.67. The molecule has 3 rings (SSSR count). The lowest BCUT2D eigenvalue weighted by Crippen LogP contribution is -2.12.